The molecule has 1 aliphatic heterocycles. The molecule has 1 aliphatic rings. The molecule has 1 unspecified atom stereocenters. The normalized spacial score (nSPS) is 18.9. The number of nitrogens with two attached hydrogens (primary N) is 1. The lowest BCUT2D eigenvalue weighted by molar-refractivity contribution is -0.138. The fraction of sp³-hybridized carbons (Fsp3) is 0.692. The molecule has 2 heterocycles. The number of likely N-dealkylation sites (tertiary alicyclic amines) is 1. The molecule has 1 atom stereocenters. The maximum Gasteiger partial charge on any atom is 0.326 e. The van der Waals surface area contributed by atoms with E-state index in [2.05, 4.69) is 21.7 Å². The molecule has 1 aromatic heterocycles. The van der Waals surface area contributed by atoms with Crippen LogP contribution in [0.4, 0.5) is 5.13 Å². The predicted octanol–water partition coefficient (Wildman–Crippen LogP) is 1.15. The minimum absolute atomic E-state index is 0.440. The van der Waals surface area contributed by atoms with E-state index in [-0.39, 0.29) is 0 Å². The first-order chi connectivity index (χ1) is 9.52. The Morgan fingerprint density at radius 3 is 2.85 bits per heavy atom. The van der Waals surface area contributed by atoms with Crippen LogP contribution in [0, 0.1) is 0 Å². The predicted molar refractivity (Wildman–Crippen MR) is 80.2 cm³/mol. The Morgan fingerprint density at radius 1 is 1.65 bits per heavy atom. The van der Waals surface area contributed by atoms with Gasteiger partial charge in [-0.05, 0) is 19.4 Å². The van der Waals surface area contributed by atoms with Gasteiger partial charge < -0.3 is 20.6 Å². The first-order valence-electron chi connectivity index (χ1n) is 6.92. The summed E-state index contributed by atoms with van der Waals surface area (Å²) in [6, 6.07) is -0.562. The van der Waals surface area contributed by atoms with Gasteiger partial charge in [0.15, 0.2) is 5.13 Å². The molecule has 0 amide bonds. The van der Waals surface area contributed by atoms with Gasteiger partial charge >= 0.3 is 5.97 Å². The molecule has 0 spiro atoms. The van der Waals surface area contributed by atoms with Gasteiger partial charge in [0, 0.05) is 31.6 Å². The van der Waals surface area contributed by atoms with Crippen molar-refractivity contribution in [2.45, 2.75) is 31.8 Å². The van der Waals surface area contributed by atoms with Crippen molar-refractivity contribution in [1.29, 1.82) is 0 Å². The van der Waals surface area contributed by atoms with Crippen LogP contribution in [-0.4, -0.2) is 53.7 Å². The lowest BCUT2D eigenvalue weighted by atomic mass is 10.0. The number of aliphatic carboxylic acids is 1. The lowest BCUT2D eigenvalue weighted by Crippen LogP contribution is -2.43. The Kier molecular flexibility index (Phi) is 4.95. The third-order valence-electron chi connectivity index (χ3n) is 3.95. The molecule has 0 aliphatic carbocycles. The molecule has 7 heteroatoms. The van der Waals surface area contributed by atoms with Crippen molar-refractivity contribution in [3.05, 3.63) is 11.1 Å². The molecule has 1 fully saturated rings. The van der Waals surface area contributed by atoms with Gasteiger partial charge in [-0.3, -0.25) is 4.79 Å². The molecule has 0 aromatic carbocycles. The molecule has 1 saturated heterocycles. The number of rotatable bonds is 5. The van der Waals surface area contributed by atoms with Crippen molar-refractivity contribution in [1.82, 2.24) is 9.88 Å². The second-order valence-corrected chi connectivity index (χ2v) is 5.98. The lowest BCUT2D eigenvalue weighted by Gasteiger charge is -2.36. The maximum absolute atomic E-state index is 10.9. The summed E-state index contributed by atoms with van der Waals surface area (Å²) >= 11 is 1.46. The fourth-order valence-electron chi connectivity index (χ4n) is 2.49. The number of nitrogens with zero attached hydrogens (tertiary/aromatic N) is 3. The zero-order chi connectivity index (χ0) is 14.7. The standard InChI is InChI=1S/C13H22N4O2S/c1-3-17-6-4-9(5-7-17)16(2)13-15-10(8-20-13)11(14)12(18)19/h8-9,11H,3-7,14H2,1-2H3,(H,18,19). The van der Waals surface area contributed by atoms with E-state index in [1.807, 2.05) is 7.05 Å². The number of aromatic nitrogens is 1. The average Bonchev–Trinajstić information content (AvgIpc) is 2.95. The average molecular weight is 298 g/mol. The first-order valence-corrected chi connectivity index (χ1v) is 7.80. The van der Waals surface area contributed by atoms with Crippen molar-refractivity contribution >= 4 is 22.4 Å². The third kappa shape index (κ3) is 3.28. The Balaban J connectivity index is 1.99. The van der Waals surface area contributed by atoms with E-state index in [1.165, 1.54) is 11.3 Å². The Hall–Kier alpha value is -1.18. The van der Waals surface area contributed by atoms with Crippen molar-refractivity contribution in [2.75, 3.05) is 31.6 Å². The van der Waals surface area contributed by atoms with E-state index >= 15 is 0 Å². The van der Waals surface area contributed by atoms with Gasteiger partial charge in [0.05, 0.1) is 5.69 Å². The highest BCUT2D eigenvalue weighted by molar-refractivity contribution is 7.13. The molecular formula is C13H22N4O2S. The molecule has 0 radical (unpaired) electrons. The summed E-state index contributed by atoms with van der Waals surface area (Å²) < 4.78 is 0. The van der Waals surface area contributed by atoms with Gasteiger partial charge in [-0.1, -0.05) is 6.92 Å². The molecule has 2 rings (SSSR count). The summed E-state index contributed by atoms with van der Waals surface area (Å²) in [5.74, 6) is -1.04. The maximum atomic E-state index is 10.9. The minimum atomic E-state index is -1.04. The van der Waals surface area contributed by atoms with E-state index in [0.29, 0.717) is 11.7 Å². The van der Waals surface area contributed by atoms with E-state index in [4.69, 9.17) is 10.8 Å². The third-order valence-corrected chi connectivity index (χ3v) is 4.90. The van der Waals surface area contributed by atoms with Gasteiger partial charge in [0.1, 0.15) is 6.04 Å². The van der Waals surface area contributed by atoms with E-state index in [1.54, 1.807) is 5.38 Å². The molecule has 3 N–H and O–H groups in total. The number of piperidine rings is 1. The van der Waals surface area contributed by atoms with E-state index in [9.17, 15) is 4.79 Å². The van der Waals surface area contributed by atoms with Crippen molar-refractivity contribution in [3.8, 4) is 0 Å². The summed E-state index contributed by atoms with van der Waals surface area (Å²) in [5.41, 5.74) is 6.03. The fourth-order valence-corrected chi connectivity index (χ4v) is 3.39. The van der Waals surface area contributed by atoms with Crippen LogP contribution in [0.2, 0.25) is 0 Å². The molecular weight excluding hydrogens is 276 g/mol. The molecule has 1 aromatic rings. The highest BCUT2D eigenvalue weighted by atomic mass is 32.1. The number of hydrogen-bond acceptors (Lipinski definition) is 6. The van der Waals surface area contributed by atoms with Crippen LogP contribution in [-0.2, 0) is 4.79 Å². The van der Waals surface area contributed by atoms with Crippen molar-refractivity contribution in [3.63, 3.8) is 0 Å². The highest BCUT2D eigenvalue weighted by Crippen LogP contribution is 2.27. The van der Waals surface area contributed by atoms with E-state index in [0.717, 1.165) is 37.6 Å². The molecule has 0 bridgehead atoms. The Bertz CT molecular complexity index is 457. The number of anilines is 1. The molecule has 20 heavy (non-hydrogen) atoms. The Labute approximate surface area is 123 Å². The number of carboxylic acid groups (broad SMARTS) is 1. The van der Waals surface area contributed by atoms with Gasteiger partial charge in [-0.15, -0.1) is 11.3 Å². The zero-order valence-electron chi connectivity index (χ0n) is 12.0. The topological polar surface area (TPSA) is 82.7 Å². The molecule has 6 nitrogen and oxygen atoms in total. The van der Waals surface area contributed by atoms with Gasteiger partial charge in [0.2, 0.25) is 0 Å². The van der Waals surface area contributed by atoms with Crippen LogP contribution in [0.1, 0.15) is 31.5 Å². The number of carbonyl (C=O) groups is 1. The van der Waals surface area contributed by atoms with Crippen molar-refractivity contribution in [2.24, 2.45) is 5.73 Å². The summed E-state index contributed by atoms with van der Waals surface area (Å²) in [5, 5.41) is 11.5. The van der Waals surface area contributed by atoms with Crippen LogP contribution in [0.3, 0.4) is 0 Å². The summed E-state index contributed by atoms with van der Waals surface area (Å²) in [4.78, 5) is 19.8. The van der Waals surface area contributed by atoms with Crippen molar-refractivity contribution < 1.29 is 9.90 Å². The second-order valence-electron chi connectivity index (χ2n) is 5.15. The van der Waals surface area contributed by atoms with E-state index < -0.39 is 12.0 Å². The summed E-state index contributed by atoms with van der Waals surface area (Å²) in [6.07, 6.45) is 2.23. The number of carboxylic acids is 1. The molecule has 0 saturated carbocycles. The van der Waals surface area contributed by atoms with Crippen LogP contribution in [0.15, 0.2) is 5.38 Å². The monoisotopic (exact) mass is 298 g/mol. The van der Waals surface area contributed by atoms with Gasteiger partial charge in [-0.2, -0.15) is 0 Å². The zero-order valence-corrected chi connectivity index (χ0v) is 12.8. The van der Waals surface area contributed by atoms with Crippen LogP contribution >= 0.6 is 11.3 Å². The van der Waals surface area contributed by atoms with Gasteiger partial charge in [0.25, 0.3) is 0 Å². The Morgan fingerprint density at radius 2 is 2.30 bits per heavy atom. The van der Waals surface area contributed by atoms with Crippen LogP contribution in [0.25, 0.3) is 0 Å². The minimum Gasteiger partial charge on any atom is -0.480 e. The number of thiazole rings is 1. The first kappa shape index (κ1) is 15.2. The highest BCUT2D eigenvalue weighted by Gasteiger charge is 2.25. The number of hydrogen-bond donors (Lipinski definition) is 2. The second kappa shape index (κ2) is 6.51. The molecule has 112 valence electrons. The SMILES string of the molecule is CCN1CCC(N(C)c2nc(C(N)C(=O)O)cs2)CC1. The largest absolute Gasteiger partial charge is 0.480 e. The smallest absolute Gasteiger partial charge is 0.326 e. The van der Waals surface area contributed by atoms with Gasteiger partial charge in [-0.25, -0.2) is 4.98 Å². The summed E-state index contributed by atoms with van der Waals surface area (Å²) in [6.45, 7) is 5.51. The quantitative estimate of drug-likeness (QED) is 0.848. The van der Waals surface area contributed by atoms with Crippen LogP contribution < -0.4 is 10.6 Å². The van der Waals surface area contributed by atoms with Crippen LogP contribution in [0.5, 0.6) is 0 Å². The summed E-state index contributed by atoms with van der Waals surface area (Å²) in [7, 11) is 2.03.